The molecule has 0 bridgehead atoms. The van der Waals surface area contributed by atoms with Crippen molar-refractivity contribution in [2.45, 2.75) is 38.6 Å². The highest BCUT2D eigenvalue weighted by Gasteiger charge is 2.20. The van der Waals surface area contributed by atoms with Crippen LogP contribution < -0.4 is 5.32 Å². The monoisotopic (exact) mass is 395 g/mol. The number of carbonyl (C=O) groups is 1. The quantitative estimate of drug-likeness (QED) is 0.644. The smallest absolute Gasteiger partial charge is 0.272 e. The molecule has 6 nitrogen and oxygen atoms in total. The first kappa shape index (κ1) is 19.0. The van der Waals surface area contributed by atoms with Crippen molar-refractivity contribution in [1.29, 1.82) is 0 Å². The Kier molecular flexibility index (Phi) is 5.92. The highest BCUT2D eigenvalue weighted by molar-refractivity contribution is 7.21. The Bertz CT molecular complexity index is 924. The Morgan fingerprint density at radius 3 is 2.96 bits per heavy atom. The number of hydrogen-bond donors (Lipinski definition) is 1. The number of carbonyl (C=O) groups excluding carboxylic acids is 1. The minimum atomic E-state index is -0.186. The summed E-state index contributed by atoms with van der Waals surface area (Å²) < 4.78 is 1.07. The number of aromatic nitrogens is 3. The molecule has 2 aromatic heterocycles. The molecule has 28 heavy (non-hydrogen) atoms. The van der Waals surface area contributed by atoms with Crippen LogP contribution in [-0.2, 0) is 0 Å². The topological polar surface area (TPSA) is 71.0 Å². The summed E-state index contributed by atoms with van der Waals surface area (Å²) in [5.74, 6) is -0.186. The van der Waals surface area contributed by atoms with E-state index in [2.05, 4.69) is 32.1 Å². The minimum Gasteiger partial charge on any atom is -0.351 e. The number of hydrogen-bond acceptors (Lipinski definition) is 6. The molecule has 1 saturated heterocycles. The van der Waals surface area contributed by atoms with Crippen molar-refractivity contribution in [2.24, 2.45) is 0 Å². The molecule has 3 heterocycles. The Labute approximate surface area is 169 Å². The third kappa shape index (κ3) is 4.20. The van der Waals surface area contributed by atoms with Crippen molar-refractivity contribution in [3.05, 3.63) is 42.4 Å². The fourth-order valence-electron chi connectivity index (χ4n) is 3.69. The van der Waals surface area contributed by atoms with E-state index in [0.717, 1.165) is 28.2 Å². The van der Waals surface area contributed by atoms with Crippen molar-refractivity contribution in [3.8, 4) is 10.7 Å². The van der Waals surface area contributed by atoms with Crippen LogP contribution in [0.2, 0.25) is 0 Å². The second kappa shape index (κ2) is 8.75. The van der Waals surface area contributed by atoms with E-state index in [4.69, 9.17) is 0 Å². The number of fused-ring (bicyclic) bond motifs is 1. The molecule has 1 atom stereocenters. The molecule has 0 radical (unpaired) electrons. The Hall–Kier alpha value is -2.38. The molecule has 4 rings (SSSR count). The first-order chi connectivity index (χ1) is 13.7. The molecule has 1 aliphatic rings. The van der Waals surface area contributed by atoms with Crippen molar-refractivity contribution in [3.63, 3.8) is 0 Å². The summed E-state index contributed by atoms with van der Waals surface area (Å²) in [6, 6.07) is 8.58. The SMILES string of the molecule is C[C@H]1CCCCN1CCCNC(=O)c1nccnc1-c1nc2ccccc2s1. The van der Waals surface area contributed by atoms with Crippen LogP contribution in [0, 0.1) is 0 Å². The predicted octanol–water partition coefficient (Wildman–Crippen LogP) is 3.75. The van der Waals surface area contributed by atoms with Gasteiger partial charge in [-0.1, -0.05) is 18.6 Å². The summed E-state index contributed by atoms with van der Waals surface area (Å²) in [5, 5.41) is 3.73. The van der Waals surface area contributed by atoms with Crippen LogP contribution in [0.5, 0.6) is 0 Å². The maximum Gasteiger partial charge on any atom is 0.272 e. The molecule has 0 saturated carbocycles. The van der Waals surface area contributed by atoms with E-state index in [1.165, 1.54) is 37.1 Å². The van der Waals surface area contributed by atoms with Gasteiger partial charge < -0.3 is 10.2 Å². The molecular formula is C21H25N5OS. The number of nitrogens with zero attached hydrogens (tertiary/aromatic N) is 4. The van der Waals surface area contributed by atoms with Gasteiger partial charge in [-0.3, -0.25) is 4.79 Å². The van der Waals surface area contributed by atoms with Crippen LogP contribution in [0.1, 0.15) is 43.1 Å². The molecule has 1 amide bonds. The average molecular weight is 396 g/mol. The van der Waals surface area contributed by atoms with Crippen LogP contribution in [0.25, 0.3) is 20.9 Å². The zero-order chi connectivity index (χ0) is 19.3. The maximum absolute atomic E-state index is 12.7. The van der Waals surface area contributed by atoms with E-state index in [1.807, 2.05) is 24.3 Å². The highest BCUT2D eigenvalue weighted by Crippen LogP contribution is 2.30. The van der Waals surface area contributed by atoms with Gasteiger partial charge >= 0.3 is 0 Å². The maximum atomic E-state index is 12.7. The van der Waals surface area contributed by atoms with Gasteiger partial charge in [0.2, 0.25) is 0 Å². The molecule has 0 aliphatic carbocycles. The van der Waals surface area contributed by atoms with Crippen LogP contribution in [0.3, 0.4) is 0 Å². The molecule has 1 N–H and O–H groups in total. The summed E-state index contributed by atoms with van der Waals surface area (Å²) in [5.41, 5.74) is 1.80. The number of nitrogens with one attached hydrogen (secondary N) is 1. The largest absolute Gasteiger partial charge is 0.351 e. The van der Waals surface area contributed by atoms with Gasteiger partial charge in [0.15, 0.2) is 5.69 Å². The van der Waals surface area contributed by atoms with E-state index in [9.17, 15) is 4.79 Å². The third-order valence-electron chi connectivity index (χ3n) is 5.26. The summed E-state index contributed by atoms with van der Waals surface area (Å²) >= 11 is 1.53. The lowest BCUT2D eigenvalue weighted by Gasteiger charge is -2.33. The standard InChI is InChI=1S/C21H25N5OS/c1-15-7-4-5-13-26(15)14-6-10-24-20(27)18-19(23-12-11-22-18)21-25-16-8-2-3-9-17(16)28-21/h2-3,8-9,11-12,15H,4-7,10,13-14H2,1H3,(H,24,27)/t15-/m0/s1. The van der Waals surface area contributed by atoms with Gasteiger partial charge in [0.25, 0.3) is 5.91 Å². The number of benzene rings is 1. The summed E-state index contributed by atoms with van der Waals surface area (Å²) in [6.45, 7) is 5.12. The third-order valence-corrected chi connectivity index (χ3v) is 6.30. The lowest BCUT2D eigenvalue weighted by atomic mass is 10.0. The molecule has 1 aromatic carbocycles. The number of para-hydroxylation sites is 1. The van der Waals surface area contributed by atoms with Crippen LogP contribution in [0.15, 0.2) is 36.7 Å². The Balaban J connectivity index is 1.40. The van der Waals surface area contributed by atoms with Gasteiger partial charge in [0.05, 0.1) is 10.2 Å². The normalized spacial score (nSPS) is 17.7. The predicted molar refractivity (Wildman–Crippen MR) is 112 cm³/mol. The lowest BCUT2D eigenvalue weighted by molar-refractivity contribution is 0.0944. The first-order valence-electron chi connectivity index (χ1n) is 9.91. The van der Waals surface area contributed by atoms with Crippen molar-refractivity contribution >= 4 is 27.5 Å². The zero-order valence-corrected chi connectivity index (χ0v) is 16.9. The zero-order valence-electron chi connectivity index (χ0n) is 16.1. The second-order valence-electron chi connectivity index (χ2n) is 7.23. The minimum absolute atomic E-state index is 0.186. The van der Waals surface area contributed by atoms with Gasteiger partial charge in [-0.15, -0.1) is 11.3 Å². The van der Waals surface area contributed by atoms with E-state index < -0.39 is 0 Å². The Morgan fingerprint density at radius 1 is 1.25 bits per heavy atom. The average Bonchev–Trinajstić information content (AvgIpc) is 3.16. The summed E-state index contributed by atoms with van der Waals surface area (Å²) in [4.78, 5) is 28.5. The number of thiazole rings is 1. The van der Waals surface area contributed by atoms with Crippen molar-refractivity contribution in [1.82, 2.24) is 25.2 Å². The molecule has 3 aromatic rings. The number of rotatable bonds is 6. The van der Waals surface area contributed by atoms with Gasteiger partial charge in [-0.05, 0) is 44.9 Å². The van der Waals surface area contributed by atoms with Gasteiger partial charge in [0, 0.05) is 31.5 Å². The fraction of sp³-hybridized carbons (Fsp3) is 0.429. The molecule has 1 aliphatic heterocycles. The number of likely N-dealkylation sites (tertiary alicyclic amines) is 1. The molecule has 146 valence electrons. The fourth-order valence-corrected chi connectivity index (χ4v) is 4.65. The molecular weight excluding hydrogens is 370 g/mol. The summed E-state index contributed by atoms with van der Waals surface area (Å²) in [6.07, 6.45) is 7.98. The lowest BCUT2D eigenvalue weighted by Crippen LogP contribution is -2.39. The van der Waals surface area contributed by atoms with Crippen LogP contribution >= 0.6 is 11.3 Å². The van der Waals surface area contributed by atoms with Gasteiger partial charge in [-0.2, -0.15) is 0 Å². The van der Waals surface area contributed by atoms with E-state index in [-0.39, 0.29) is 5.91 Å². The number of piperidine rings is 1. The molecule has 1 fully saturated rings. The molecule has 0 spiro atoms. The van der Waals surface area contributed by atoms with Crippen molar-refractivity contribution in [2.75, 3.05) is 19.6 Å². The van der Waals surface area contributed by atoms with E-state index in [0.29, 0.717) is 24.0 Å². The second-order valence-corrected chi connectivity index (χ2v) is 8.26. The highest BCUT2D eigenvalue weighted by atomic mass is 32.1. The summed E-state index contributed by atoms with van der Waals surface area (Å²) in [7, 11) is 0. The van der Waals surface area contributed by atoms with Crippen LogP contribution in [-0.4, -0.2) is 51.4 Å². The Morgan fingerprint density at radius 2 is 2.11 bits per heavy atom. The molecule has 7 heteroatoms. The van der Waals surface area contributed by atoms with Gasteiger partial charge in [0.1, 0.15) is 10.7 Å². The van der Waals surface area contributed by atoms with E-state index >= 15 is 0 Å². The number of amides is 1. The molecule has 0 unspecified atom stereocenters. The van der Waals surface area contributed by atoms with Crippen molar-refractivity contribution < 1.29 is 4.79 Å². The van der Waals surface area contributed by atoms with Crippen LogP contribution in [0.4, 0.5) is 0 Å². The van der Waals surface area contributed by atoms with Gasteiger partial charge in [-0.25, -0.2) is 15.0 Å². The van der Waals surface area contributed by atoms with E-state index in [1.54, 1.807) is 12.4 Å². The first-order valence-corrected chi connectivity index (χ1v) is 10.7.